The minimum absolute atomic E-state index is 0.197. The Morgan fingerprint density at radius 1 is 1.06 bits per heavy atom. The maximum absolute atomic E-state index is 12.6. The molecule has 5 nitrogen and oxygen atoms in total. The minimum Gasteiger partial charge on any atom is -0.494 e. The van der Waals surface area contributed by atoms with Gasteiger partial charge in [0.05, 0.1) is 13.2 Å². The molecule has 3 rings (SSSR count). The number of hydrogen-bond donors (Lipinski definition) is 1. The molecule has 0 aliphatic rings. The Labute approximate surface area is 207 Å². The van der Waals surface area contributed by atoms with E-state index in [4.69, 9.17) is 32.7 Å². The molecule has 0 saturated heterocycles. The summed E-state index contributed by atoms with van der Waals surface area (Å²) in [6.07, 6.45) is 0.776. The average molecular weight is 506 g/mol. The van der Waals surface area contributed by atoms with Crippen LogP contribution in [-0.4, -0.2) is 25.1 Å². The molecule has 2 aromatic carbocycles. The molecule has 174 valence electrons. The SMILES string of the molecule is CCOC(=O)c1c(-c2ccc(Cl)cc2)csc1NC(=O)CCCOc1cc(C)c(Cl)c(C)c1. The first-order valence-corrected chi connectivity index (χ1v) is 12.2. The Kier molecular flexibility index (Phi) is 8.78. The van der Waals surface area contributed by atoms with Crippen LogP contribution in [-0.2, 0) is 9.53 Å². The third-order valence-electron chi connectivity index (χ3n) is 4.91. The van der Waals surface area contributed by atoms with Crippen LogP contribution in [0.2, 0.25) is 10.0 Å². The first-order valence-electron chi connectivity index (χ1n) is 10.5. The predicted octanol–water partition coefficient (Wildman–Crippen LogP) is 7.31. The lowest BCUT2D eigenvalue weighted by atomic mass is 10.0. The average Bonchev–Trinajstić information content (AvgIpc) is 3.19. The van der Waals surface area contributed by atoms with E-state index in [1.54, 1.807) is 19.1 Å². The summed E-state index contributed by atoms with van der Waals surface area (Å²) in [6, 6.07) is 10.9. The van der Waals surface area contributed by atoms with Crippen molar-refractivity contribution in [2.24, 2.45) is 0 Å². The van der Waals surface area contributed by atoms with Crippen LogP contribution >= 0.6 is 34.5 Å². The fourth-order valence-corrected chi connectivity index (χ4v) is 4.51. The Bertz CT molecular complexity index is 1120. The van der Waals surface area contributed by atoms with Gasteiger partial charge < -0.3 is 14.8 Å². The molecule has 33 heavy (non-hydrogen) atoms. The summed E-state index contributed by atoms with van der Waals surface area (Å²) in [4.78, 5) is 25.2. The van der Waals surface area contributed by atoms with E-state index in [0.717, 1.165) is 27.5 Å². The number of amides is 1. The number of carbonyl (C=O) groups excluding carboxylic acids is 2. The largest absolute Gasteiger partial charge is 0.494 e. The van der Waals surface area contributed by atoms with Crippen molar-refractivity contribution in [3.05, 3.63) is 68.5 Å². The normalized spacial score (nSPS) is 10.7. The Morgan fingerprint density at radius 3 is 2.36 bits per heavy atom. The summed E-state index contributed by atoms with van der Waals surface area (Å²) >= 11 is 13.5. The van der Waals surface area contributed by atoms with Gasteiger partial charge in [0, 0.05) is 27.4 Å². The van der Waals surface area contributed by atoms with Gasteiger partial charge >= 0.3 is 5.97 Å². The Balaban J connectivity index is 1.64. The molecule has 0 spiro atoms. The number of nitrogens with one attached hydrogen (secondary N) is 1. The van der Waals surface area contributed by atoms with Crippen LogP contribution in [0.15, 0.2) is 41.8 Å². The molecule has 1 heterocycles. The highest BCUT2D eigenvalue weighted by Gasteiger charge is 2.22. The molecule has 0 atom stereocenters. The molecule has 1 aromatic heterocycles. The van der Waals surface area contributed by atoms with E-state index in [0.29, 0.717) is 34.2 Å². The molecule has 8 heteroatoms. The maximum Gasteiger partial charge on any atom is 0.341 e. The molecule has 0 aliphatic carbocycles. The van der Waals surface area contributed by atoms with Gasteiger partial charge in [0.15, 0.2) is 0 Å². The lowest BCUT2D eigenvalue weighted by Gasteiger charge is -2.11. The lowest BCUT2D eigenvalue weighted by Crippen LogP contribution is -2.15. The number of rotatable bonds is 9. The smallest absolute Gasteiger partial charge is 0.341 e. The number of anilines is 1. The van der Waals surface area contributed by atoms with Crippen LogP contribution in [0.5, 0.6) is 5.75 Å². The zero-order valence-corrected chi connectivity index (χ0v) is 21.0. The first kappa shape index (κ1) is 25.1. The van der Waals surface area contributed by atoms with Gasteiger partial charge in [0.1, 0.15) is 16.3 Å². The molecule has 0 radical (unpaired) electrons. The zero-order valence-electron chi connectivity index (χ0n) is 18.7. The summed E-state index contributed by atoms with van der Waals surface area (Å²) in [7, 11) is 0. The number of halogens is 2. The molecule has 0 fully saturated rings. The molecular formula is C25H25Cl2NO4S. The second-order valence-corrected chi connectivity index (χ2v) is 9.15. The van der Waals surface area contributed by atoms with E-state index in [-0.39, 0.29) is 18.9 Å². The van der Waals surface area contributed by atoms with Crippen molar-refractivity contribution < 1.29 is 19.1 Å². The summed E-state index contributed by atoms with van der Waals surface area (Å²) in [5, 5.41) is 6.49. The van der Waals surface area contributed by atoms with Crippen LogP contribution in [0.25, 0.3) is 11.1 Å². The number of hydrogen-bond acceptors (Lipinski definition) is 5. The van der Waals surface area contributed by atoms with E-state index in [2.05, 4.69) is 5.32 Å². The van der Waals surface area contributed by atoms with Crippen molar-refractivity contribution in [1.82, 2.24) is 0 Å². The van der Waals surface area contributed by atoms with Gasteiger partial charge in [-0.15, -0.1) is 11.3 Å². The van der Waals surface area contributed by atoms with Crippen LogP contribution < -0.4 is 10.1 Å². The maximum atomic E-state index is 12.6. The van der Waals surface area contributed by atoms with E-state index in [9.17, 15) is 9.59 Å². The summed E-state index contributed by atoms with van der Waals surface area (Å²) in [6.45, 7) is 6.22. The van der Waals surface area contributed by atoms with Gasteiger partial charge in [-0.25, -0.2) is 4.79 Å². The van der Waals surface area contributed by atoms with E-state index in [1.807, 2.05) is 43.5 Å². The lowest BCUT2D eigenvalue weighted by molar-refractivity contribution is -0.116. The van der Waals surface area contributed by atoms with Gasteiger partial charge in [-0.1, -0.05) is 35.3 Å². The van der Waals surface area contributed by atoms with Crippen molar-refractivity contribution in [3.63, 3.8) is 0 Å². The number of benzene rings is 2. The van der Waals surface area contributed by atoms with E-state index < -0.39 is 5.97 Å². The Morgan fingerprint density at radius 2 is 1.73 bits per heavy atom. The quantitative estimate of drug-likeness (QED) is 0.244. The van der Waals surface area contributed by atoms with Crippen molar-refractivity contribution in [1.29, 1.82) is 0 Å². The highest BCUT2D eigenvalue weighted by molar-refractivity contribution is 7.15. The summed E-state index contributed by atoms with van der Waals surface area (Å²) in [5.74, 6) is 0.0539. The number of aryl methyl sites for hydroxylation is 2. The third-order valence-corrected chi connectivity index (χ3v) is 6.65. The van der Waals surface area contributed by atoms with Gasteiger partial charge in [-0.2, -0.15) is 0 Å². The number of ether oxygens (including phenoxy) is 2. The van der Waals surface area contributed by atoms with E-state index >= 15 is 0 Å². The van der Waals surface area contributed by atoms with E-state index in [1.165, 1.54) is 11.3 Å². The fourth-order valence-electron chi connectivity index (χ4n) is 3.30. The van der Waals surface area contributed by atoms with Crippen molar-refractivity contribution in [2.45, 2.75) is 33.6 Å². The van der Waals surface area contributed by atoms with Crippen molar-refractivity contribution >= 4 is 51.4 Å². The third kappa shape index (κ3) is 6.50. The molecule has 1 N–H and O–H groups in total. The molecule has 1 amide bonds. The second kappa shape index (κ2) is 11.5. The first-order chi connectivity index (χ1) is 15.8. The standard InChI is InChI=1S/C25H25Cl2NO4S/c1-4-31-25(30)22-20(17-7-9-18(26)10-8-17)14-33-24(22)28-21(29)6-5-11-32-19-12-15(2)23(27)16(3)13-19/h7-10,12-14H,4-6,11H2,1-3H3,(H,28,29). The molecule has 0 unspecified atom stereocenters. The predicted molar refractivity (Wildman–Crippen MR) is 135 cm³/mol. The Hall–Kier alpha value is -2.54. The molecule has 0 aliphatic heterocycles. The topological polar surface area (TPSA) is 64.6 Å². The number of thiophene rings is 1. The van der Waals surface area contributed by atoms with Crippen LogP contribution in [0.3, 0.4) is 0 Å². The second-order valence-electron chi connectivity index (χ2n) is 7.45. The summed E-state index contributed by atoms with van der Waals surface area (Å²) in [5.41, 5.74) is 3.76. The molecule has 0 bridgehead atoms. The minimum atomic E-state index is -0.476. The fraction of sp³-hybridized carbons (Fsp3) is 0.280. The molecule has 0 saturated carbocycles. The van der Waals surface area contributed by atoms with Crippen LogP contribution in [0, 0.1) is 13.8 Å². The van der Waals surface area contributed by atoms with Gasteiger partial charge in [-0.05, 0) is 68.1 Å². The van der Waals surface area contributed by atoms with Gasteiger partial charge in [-0.3, -0.25) is 4.79 Å². The van der Waals surface area contributed by atoms with Crippen molar-refractivity contribution in [2.75, 3.05) is 18.5 Å². The van der Waals surface area contributed by atoms with Crippen molar-refractivity contribution in [3.8, 4) is 16.9 Å². The van der Waals surface area contributed by atoms with Gasteiger partial charge in [0.2, 0.25) is 5.91 Å². The summed E-state index contributed by atoms with van der Waals surface area (Å²) < 4.78 is 11.0. The highest BCUT2D eigenvalue weighted by atomic mass is 35.5. The highest BCUT2D eigenvalue weighted by Crippen LogP contribution is 2.36. The van der Waals surface area contributed by atoms with Crippen LogP contribution in [0.1, 0.15) is 41.3 Å². The molecular weight excluding hydrogens is 481 g/mol. The number of carbonyl (C=O) groups is 2. The monoisotopic (exact) mass is 505 g/mol. The zero-order chi connectivity index (χ0) is 24.0. The molecule has 3 aromatic rings. The van der Waals surface area contributed by atoms with Crippen LogP contribution in [0.4, 0.5) is 5.00 Å². The number of esters is 1. The van der Waals surface area contributed by atoms with Gasteiger partial charge in [0.25, 0.3) is 0 Å².